The van der Waals surface area contributed by atoms with Gasteiger partial charge in [0.2, 0.25) is 0 Å². The fourth-order valence-electron chi connectivity index (χ4n) is 1.21. The number of hydrogen-bond donors (Lipinski definition) is 2. The third kappa shape index (κ3) is 3.03. The number of carbonyl (C=O) groups is 1. The Bertz CT molecular complexity index is 489. The Morgan fingerprint density at radius 2 is 2.00 bits per heavy atom. The van der Waals surface area contributed by atoms with Crippen molar-refractivity contribution in [3.63, 3.8) is 0 Å². The molecule has 6 heteroatoms. The second-order valence-corrected chi connectivity index (χ2v) is 4.54. The summed E-state index contributed by atoms with van der Waals surface area (Å²) in [6, 6.07) is 4.14. The molecule has 0 aliphatic rings. The van der Waals surface area contributed by atoms with Gasteiger partial charge in [-0.25, -0.2) is 0 Å². The van der Waals surface area contributed by atoms with Gasteiger partial charge in [0.15, 0.2) is 0 Å². The number of aryl methyl sites for hydroxylation is 1. The fraction of sp³-hybridized carbons (Fsp3) is 0.222. The number of aliphatic carboxylic acids is 1. The summed E-state index contributed by atoms with van der Waals surface area (Å²) in [4.78, 5) is 10.2. The monoisotopic (exact) mass is 230 g/mol. The Morgan fingerprint density at radius 1 is 1.40 bits per heavy atom. The number of hydrogen-bond acceptors (Lipinski definition) is 3. The predicted molar refractivity (Wildman–Crippen MR) is 52.3 cm³/mol. The second-order valence-electron chi connectivity index (χ2n) is 3.15. The van der Waals surface area contributed by atoms with E-state index in [1.165, 1.54) is 25.1 Å². The summed E-state index contributed by atoms with van der Waals surface area (Å²) < 4.78 is 30.7. The van der Waals surface area contributed by atoms with Gasteiger partial charge in [-0.15, -0.1) is 0 Å². The zero-order valence-corrected chi connectivity index (χ0v) is 8.78. The highest BCUT2D eigenvalue weighted by atomic mass is 32.2. The van der Waals surface area contributed by atoms with Gasteiger partial charge >= 0.3 is 5.97 Å². The normalized spacial score (nSPS) is 11.3. The van der Waals surface area contributed by atoms with E-state index in [9.17, 15) is 13.2 Å². The minimum Gasteiger partial charge on any atom is -0.481 e. The van der Waals surface area contributed by atoms with E-state index in [2.05, 4.69) is 0 Å². The van der Waals surface area contributed by atoms with Crippen molar-refractivity contribution in [2.75, 3.05) is 0 Å². The highest BCUT2D eigenvalue weighted by Crippen LogP contribution is 2.16. The summed E-state index contributed by atoms with van der Waals surface area (Å²) in [6.45, 7) is 1.52. The van der Waals surface area contributed by atoms with Crippen LogP contribution in [0.4, 0.5) is 0 Å². The molecule has 0 radical (unpaired) electrons. The maximum atomic E-state index is 10.9. The summed E-state index contributed by atoms with van der Waals surface area (Å²) in [6.07, 6.45) is -0.275. The van der Waals surface area contributed by atoms with E-state index in [4.69, 9.17) is 9.66 Å². The van der Waals surface area contributed by atoms with E-state index in [0.717, 1.165) is 0 Å². The summed E-state index contributed by atoms with van der Waals surface area (Å²) in [5, 5.41) is 8.52. The van der Waals surface area contributed by atoms with Crippen LogP contribution in [0.25, 0.3) is 0 Å². The Hall–Kier alpha value is -1.40. The molecule has 0 amide bonds. The molecule has 0 atom stereocenters. The van der Waals surface area contributed by atoms with Gasteiger partial charge in [0.25, 0.3) is 10.1 Å². The number of benzene rings is 1. The van der Waals surface area contributed by atoms with Crippen molar-refractivity contribution in [3.05, 3.63) is 29.3 Å². The molecular formula is C9H10O5S. The van der Waals surface area contributed by atoms with Crippen molar-refractivity contribution in [2.45, 2.75) is 18.2 Å². The molecule has 0 saturated heterocycles. The van der Waals surface area contributed by atoms with Gasteiger partial charge in [-0.2, -0.15) is 8.42 Å². The molecule has 1 aromatic carbocycles. The van der Waals surface area contributed by atoms with E-state index < -0.39 is 16.1 Å². The van der Waals surface area contributed by atoms with Crippen molar-refractivity contribution in [1.82, 2.24) is 0 Å². The van der Waals surface area contributed by atoms with E-state index in [-0.39, 0.29) is 11.3 Å². The lowest BCUT2D eigenvalue weighted by Crippen LogP contribution is -2.05. The molecule has 0 aliphatic carbocycles. The lowest BCUT2D eigenvalue weighted by atomic mass is 10.1. The summed E-state index contributed by atoms with van der Waals surface area (Å²) in [5.41, 5.74) is 0.715. The average Bonchev–Trinajstić information content (AvgIpc) is 2.05. The van der Waals surface area contributed by atoms with Crippen molar-refractivity contribution < 1.29 is 22.9 Å². The van der Waals surface area contributed by atoms with Crippen LogP contribution in [0.5, 0.6) is 0 Å². The predicted octanol–water partition coefficient (Wildman–Crippen LogP) is 0.869. The van der Waals surface area contributed by atoms with Crippen LogP contribution in [0.15, 0.2) is 23.1 Å². The molecule has 15 heavy (non-hydrogen) atoms. The van der Waals surface area contributed by atoms with Gasteiger partial charge < -0.3 is 5.11 Å². The van der Waals surface area contributed by atoms with Gasteiger partial charge in [-0.05, 0) is 24.1 Å². The fourth-order valence-corrected chi connectivity index (χ4v) is 1.98. The zero-order valence-electron chi connectivity index (χ0n) is 7.97. The Labute approximate surface area is 87.1 Å². The van der Waals surface area contributed by atoms with Crippen molar-refractivity contribution >= 4 is 16.1 Å². The quantitative estimate of drug-likeness (QED) is 0.752. The average molecular weight is 230 g/mol. The first-order chi connectivity index (χ1) is 6.80. The zero-order chi connectivity index (χ0) is 11.6. The van der Waals surface area contributed by atoms with E-state index in [1.54, 1.807) is 0 Å². The van der Waals surface area contributed by atoms with Crippen LogP contribution in [0, 0.1) is 6.92 Å². The van der Waals surface area contributed by atoms with Crippen LogP contribution in [0.2, 0.25) is 0 Å². The second kappa shape index (κ2) is 4.00. The number of carboxylic acids is 1. The summed E-state index contributed by atoms with van der Waals surface area (Å²) >= 11 is 0. The summed E-state index contributed by atoms with van der Waals surface area (Å²) in [5.74, 6) is -1.06. The van der Waals surface area contributed by atoms with Crippen LogP contribution in [0.3, 0.4) is 0 Å². The first kappa shape index (κ1) is 11.7. The molecule has 0 saturated carbocycles. The molecule has 0 heterocycles. The third-order valence-electron chi connectivity index (χ3n) is 1.89. The van der Waals surface area contributed by atoms with E-state index >= 15 is 0 Å². The molecule has 1 aromatic rings. The lowest BCUT2D eigenvalue weighted by molar-refractivity contribution is -0.136. The highest BCUT2D eigenvalue weighted by molar-refractivity contribution is 7.85. The first-order valence-electron chi connectivity index (χ1n) is 4.09. The van der Waals surface area contributed by atoms with E-state index in [1.807, 2.05) is 0 Å². The smallest absolute Gasteiger partial charge is 0.307 e. The highest BCUT2D eigenvalue weighted by Gasteiger charge is 2.14. The van der Waals surface area contributed by atoms with Crippen LogP contribution in [-0.2, 0) is 21.3 Å². The third-order valence-corrected chi connectivity index (χ3v) is 2.88. The Morgan fingerprint density at radius 3 is 2.47 bits per heavy atom. The maximum Gasteiger partial charge on any atom is 0.307 e. The summed E-state index contributed by atoms with van der Waals surface area (Å²) in [7, 11) is -4.28. The van der Waals surface area contributed by atoms with Crippen LogP contribution >= 0.6 is 0 Å². The molecule has 0 fully saturated rings. The molecule has 5 nitrogen and oxygen atoms in total. The van der Waals surface area contributed by atoms with E-state index in [0.29, 0.717) is 11.1 Å². The molecule has 0 unspecified atom stereocenters. The molecule has 1 rings (SSSR count). The van der Waals surface area contributed by atoms with Crippen molar-refractivity contribution in [1.29, 1.82) is 0 Å². The molecule has 2 N–H and O–H groups in total. The van der Waals surface area contributed by atoms with Crippen LogP contribution in [-0.4, -0.2) is 24.0 Å². The number of carboxylic acid groups (broad SMARTS) is 1. The van der Waals surface area contributed by atoms with Gasteiger partial charge in [-0.1, -0.05) is 12.1 Å². The SMILES string of the molecule is Cc1ccc(CC(=O)O)cc1S(=O)(=O)O. The molecule has 0 aliphatic heterocycles. The maximum absolute atomic E-state index is 10.9. The minimum absolute atomic E-state index is 0.249. The van der Waals surface area contributed by atoms with Crippen molar-refractivity contribution in [3.8, 4) is 0 Å². The van der Waals surface area contributed by atoms with Gasteiger partial charge in [-0.3, -0.25) is 9.35 Å². The number of rotatable bonds is 3. The minimum atomic E-state index is -4.28. The Kier molecular flexibility index (Phi) is 3.11. The topological polar surface area (TPSA) is 91.7 Å². The van der Waals surface area contributed by atoms with Gasteiger partial charge in [0.05, 0.1) is 11.3 Å². The largest absolute Gasteiger partial charge is 0.481 e. The first-order valence-corrected chi connectivity index (χ1v) is 5.53. The molecule has 0 bridgehead atoms. The van der Waals surface area contributed by atoms with Gasteiger partial charge in [0.1, 0.15) is 0 Å². The van der Waals surface area contributed by atoms with Gasteiger partial charge in [0, 0.05) is 0 Å². The Balaban J connectivity index is 3.23. The standard InChI is InChI=1S/C9H10O5S/c1-6-2-3-7(5-9(10)11)4-8(6)15(12,13)14/h2-4H,5H2,1H3,(H,10,11)(H,12,13,14). The molecule has 0 spiro atoms. The van der Waals surface area contributed by atoms with Crippen LogP contribution < -0.4 is 0 Å². The van der Waals surface area contributed by atoms with Crippen molar-refractivity contribution in [2.24, 2.45) is 0 Å². The van der Waals surface area contributed by atoms with Crippen LogP contribution in [0.1, 0.15) is 11.1 Å². The molecule has 82 valence electrons. The molecular weight excluding hydrogens is 220 g/mol. The lowest BCUT2D eigenvalue weighted by Gasteiger charge is -2.04. The molecule has 0 aromatic heterocycles.